The van der Waals surface area contributed by atoms with Crippen LogP contribution in [0.1, 0.15) is 41.1 Å². The number of aryl methyl sites for hydroxylation is 1. The second-order valence-corrected chi connectivity index (χ2v) is 10.1. The number of hydrogen-bond donors (Lipinski definition) is 2. The molecule has 5 aromatic rings. The highest BCUT2D eigenvalue weighted by molar-refractivity contribution is 5.86. The Hall–Kier alpha value is -4.44. The number of nitrogens with one attached hydrogen (secondary N) is 2. The van der Waals surface area contributed by atoms with E-state index in [-0.39, 0.29) is 17.3 Å². The Labute approximate surface area is 226 Å². The van der Waals surface area contributed by atoms with Crippen LogP contribution in [0.2, 0.25) is 0 Å². The van der Waals surface area contributed by atoms with Crippen LogP contribution in [0, 0.1) is 18.3 Å². The number of piperidine rings is 1. The molecule has 0 radical (unpaired) electrons. The van der Waals surface area contributed by atoms with Crippen molar-refractivity contribution in [1.82, 2.24) is 34.6 Å². The fraction of sp³-hybridized carbons (Fsp3) is 0.370. The fourth-order valence-corrected chi connectivity index (χ4v) is 5.32. The molecule has 1 aromatic carbocycles. The summed E-state index contributed by atoms with van der Waals surface area (Å²) in [5.74, 6) is -0.0398. The number of H-pyrrole nitrogens is 1. The van der Waals surface area contributed by atoms with Crippen LogP contribution in [0.15, 0.2) is 41.3 Å². The highest BCUT2D eigenvalue weighted by Gasteiger charge is 2.31. The van der Waals surface area contributed by atoms with E-state index in [9.17, 15) is 18.4 Å². The van der Waals surface area contributed by atoms with Crippen molar-refractivity contribution in [3.63, 3.8) is 0 Å². The number of aromatic nitrogens is 6. The van der Waals surface area contributed by atoms with Gasteiger partial charge in [-0.2, -0.15) is 28.5 Å². The first-order valence-electron chi connectivity index (χ1n) is 12.9. The van der Waals surface area contributed by atoms with Gasteiger partial charge in [-0.3, -0.25) is 10.00 Å². The van der Waals surface area contributed by atoms with Gasteiger partial charge in [0, 0.05) is 48.3 Å². The van der Waals surface area contributed by atoms with Gasteiger partial charge in [0.25, 0.3) is 5.71 Å². The minimum atomic E-state index is -4.42. The minimum absolute atomic E-state index is 0.0400. The van der Waals surface area contributed by atoms with Gasteiger partial charge in [-0.05, 0) is 43.0 Å². The third-order valence-corrected chi connectivity index (χ3v) is 7.39. The number of nitrogens with zero attached hydrogens (tertiary/aromatic N) is 7. The van der Waals surface area contributed by atoms with Crippen LogP contribution in [0.25, 0.3) is 22.1 Å². The molecule has 10 nitrogen and oxygen atoms in total. The van der Waals surface area contributed by atoms with Crippen molar-refractivity contribution in [3.8, 4) is 6.07 Å². The van der Waals surface area contributed by atoms with E-state index in [4.69, 9.17) is 4.42 Å². The van der Waals surface area contributed by atoms with Gasteiger partial charge < -0.3 is 14.3 Å². The normalized spacial score (nSPS) is 15.2. The van der Waals surface area contributed by atoms with Crippen molar-refractivity contribution in [1.29, 1.82) is 5.26 Å². The maximum Gasteiger partial charge on any atom is 0.397 e. The van der Waals surface area contributed by atoms with E-state index in [1.54, 1.807) is 6.20 Å². The molecule has 0 atom stereocenters. The number of alkyl halides is 3. The molecule has 0 bridgehead atoms. The van der Waals surface area contributed by atoms with Gasteiger partial charge in [-0.1, -0.05) is 6.07 Å². The first kappa shape index (κ1) is 25.8. The van der Waals surface area contributed by atoms with Crippen molar-refractivity contribution in [3.05, 3.63) is 65.2 Å². The highest BCUT2D eigenvalue weighted by Crippen LogP contribution is 2.29. The van der Waals surface area contributed by atoms with Crippen molar-refractivity contribution in [2.24, 2.45) is 0 Å². The van der Waals surface area contributed by atoms with E-state index in [1.807, 2.05) is 16.8 Å². The molecule has 206 valence electrons. The summed E-state index contributed by atoms with van der Waals surface area (Å²) in [6.07, 6.45) is 0.855. The van der Waals surface area contributed by atoms with Crippen LogP contribution >= 0.6 is 0 Å². The van der Waals surface area contributed by atoms with Crippen LogP contribution in [0.4, 0.5) is 19.0 Å². The molecule has 1 aliphatic rings. The summed E-state index contributed by atoms with van der Waals surface area (Å²) in [6, 6.07) is 8.58. The summed E-state index contributed by atoms with van der Waals surface area (Å²) < 4.78 is 45.5. The molecule has 2 N–H and O–H groups in total. The number of benzene rings is 1. The topological polar surface area (TPSA) is 124 Å². The first-order valence-corrected chi connectivity index (χ1v) is 12.9. The van der Waals surface area contributed by atoms with E-state index in [2.05, 4.69) is 60.5 Å². The molecular weight excluding hydrogens is 523 g/mol. The van der Waals surface area contributed by atoms with Crippen LogP contribution in [-0.4, -0.2) is 59.9 Å². The van der Waals surface area contributed by atoms with Gasteiger partial charge in [0.05, 0.1) is 12.7 Å². The SMILES string of the molecule is Cc1c(CN2CCC(Nc3ncnc4oc(CC(F)(F)F)nc34)CC2)ccc2c1cc(C#N)n2Cc1cn[nH]c1. The number of hydrogen-bond acceptors (Lipinski definition) is 8. The molecule has 1 fully saturated rings. The van der Waals surface area contributed by atoms with E-state index in [0.717, 1.165) is 54.5 Å². The van der Waals surface area contributed by atoms with E-state index in [0.29, 0.717) is 18.1 Å². The van der Waals surface area contributed by atoms with Crippen LogP contribution in [0.5, 0.6) is 0 Å². The third-order valence-electron chi connectivity index (χ3n) is 7.39. The summed E-state index contributed by atoms with van der Waals surface area (Å²) in [7, 11) is 0. The average Bonchev–Trinajstić information content (AvgIpc) is 3.66. The predicted molar refractivity (Wildman–Crippen MR) is 140 cm³/mol. The van der Waals surface area contributed by atoms with Crippen LogP contribution in [-0.2, 0) is 19.5 Å². The van der Waals surface area contributed by atoms with Gasteiger partial charge in [0.2, 0.25) is 5.89 Å². The van der Waals surface area contributed by atoms with Gasteiger partial charge in [-0.25, -0.2) is 9.97 Å². The number of likely N-dealkylation sites (tertiary alicyclic amines) is 1. The number of fused-ring (bicyclic) bond motifs is 2. The van der Waals surface area contributed by atoms with E-state index >= 15 is 0 Å². The number of nitriles is 1. The molecule has 40 heavy (non-hydrogen) atoms. The highest BCUT2D eigenvalue weighted by atomic mass is 19.4. The summed E-state index contributed by atoms with van der Waals surface area (Å²) in [5.41, 5.74) is 5.25. The molecule has 0 aliphatic carbocycles. The largest absolute Gasteiger partial charge is 0.422 e. The Balaban J connectivity index is 1.12. The Morgan fingerprint density at radius 2 is 2.02 bits per heavy atom. The summed E-state index contributed by atoms with van der Waals surface area (Å²) in [6.45, 7) is 5.13. The molecule has 1 aliphatic heterocycles. The molecule has 6 rings (SSSR count). The summed E-state index contributed by atoms with van der Waals surface area (Å²) in [5, 5.41) is 21.0. The minimum Gasteiger partial charge on any atom is -0.422 e. The quantitative estimate of drug-likeness (QED) is 0.299. The maximum absolute atomic E-state index is 12.8. The molecule has 4 aromatic heterocycles. The molecule has 0 saturated carbocycles. The Morgan fingerprint density at radius 3 is 2.75 bits per heavy atom. The lowest BCUT2D eigenvalue weighted by atomic mass is 10.0. The van der Waals surface area contributed by atoms with Gasteiger partial charge in [-0.15, -0.1) is 0 Å². The Morgan fingerprint density at radius 1 is 1.20 bits per heavy atom. The number of aromatic amines is 1. The zero-order valence-electron chi connectivity index (χ0n) is 21.7. The molecule has 1 saturated heterocycles. The summed E-state index contributed by atoms with van der Waals surface area (Å²) in [4.78, 5) is 14.5. The standard InChI is InChI=1S/C27H26F3N9O/c1-16-18(2-3-22-21(16)8-20(10-31)39(22)13-17-11-34-35-12-17)14-38-6-4-19(5-7-38)36-25-24-26(33-15-32-25)40-23(37-24)9-27(28,29)30/h2-3,8,11-12,15,19H,4-7,9,13-14H2,1H3,(H,34,35)(H,32,33,36). The van der Waals surface area contributed by atoms with E-state index < -0.39 is 18.5 Å². The van der Waals surface area contributed by atoms with Crippen molar-refractivity contribution >= 4 is 28.0 Å². The van der Waals surface area contributed by atoms with Gasteiger partial charge in [0.1, 0.15) is 24.5 Å². The lowest BCUT2D eigenvalue weighted by molar-refractivity contribution is -0.130. The average molecular weight is 550 g/mol. The molecule has 0 spiro atoms. The Bertz CT molecular complexity index is 1690. The zero-order chi connectivity index (χ0) is 27.9. The zero-order valence-corrected chi connectivity index (χ0v) is 21.7. The smallest absolute Gasteiger partial charge is 0.397 e. The lowest BCUT2D eigenvalue weighted by Crippen LogP contribution is -2.39. The van der Waals surface area contributed by atoms with E-state index in [1.165, 1.54) is 11.9 Å². The number of anilines is 1. The summed E-state index contributed by atoms with van der Waals surface area (Å²) >= 11 is 0. The lowest BCUT2D eigenvalue weighted by Gasteiger charge is -2.33. The Kier molecular flexibility index (Phi) is 6.63. The van der Waals surface area contributed by atoms with Crippen molar-refractivity contribution < 1.29 is 17.6 Å². The number of oxazole rings is 1. The molecule has 0 amide bonds. The van der Waals surface area contributed by atoms with Gasteiger partial charge in [0.15, 0.2) is 11.3 Å². The third kappa shape index (κ3) is 5.22. The monoisotopic (exact) mass is 549 g/mol. The molecule has 5 heterocycles. The second kappa shape index (κ2) is 10.3. The molecular formula is C27H26F3N9O. The predicted octanol–water partition coefficient (Wildman–Crippen LogP) is 4.71. The van der Waals surface area contributed by atoms with Crippen LogP contribution < -0.4 is 5.32 Å². The molecule has 13 heteroatoms. The van der Waals surface area contributed by atoms with Crippen LogP contribution in [0.3, 0.4) is 0 Å². The number of halogens is 3. The fourth-order valence-electron chi connectivity index (χ4n) is 5.32. The van der Waals surface area contributed by atoms with Crippen molar-refractivity contribution in [2.45, 2.75) is 51.5 Å². The van der Waals surface area contributed by atoms with Gasteiger partial charge >= 0.3 is 6.18 Å². The molecule has 0 unspecified atom stereocenters. The second-order valence-electron chi connectivity index (χ2n) is 10.1. The van der Waals surface area contributed by atoms with Crippen molar-refractivity contribution in [2.75, 3.05) is 18.4 Å². The maximum atomic E-state index is 12.8. The first-order chi connectivity index (χ1) is 19.3. The number of rotatable bonds is 7.